The average Bonchev–Trinajstić information content (AvgIpc) is 2.69. The second-order valence-electron chi connectivity index (χ2n) is 3.87. The second-order valence-corrected chi connectivity index (χ2v) is 4.85. The highest BCUT2D eigenvalue weighted by atomic mass is 32.2. The molecule has 0 aliphatic carbocycles. The molecular formula is C10H17NO4S. The first-order valence-electron chi connectivity index (χ1n) is 5.26. The lowest BCUT2D eigenvalue weighted by Crippen LogP contribution is -2.39. The summed E-state index contributed by atoms with van der Waals surface area (Å²) in [5.41, 5.74) is 0. The smallest absolute Gasteiger partial charge is 0.313 e. The number of carboxylic acid groups (broad SMARTS) is 1. The molecule has 0 aromatic rings. The van der Waals surface area contributed by atoms with E-state index < -0.39 is 5.97 Å². The van der Waals surface area contributed by atoms with Crippen molar-refractivity contribution in [3.8, 4) is 0 Å². The van der Waals surface area contributed by atoms with Crippen LogP contribution in [-0.4, -0.2) is 47.7 Å². The standard InChI is InChI=1S/C10H17NO4S/c1-7(8-2-3-15-4-8)11-9(12)5-16-6-10(13)14/h7-8H,2-6H2,1H3,(H,11,12)(H,13,14). The van der Waals surface area contributed by atoms with Crippen LogP contribution in [0, 0.1) is 5.92 Å². The number of carbonyl (C=O) groups is 2. The van der Waals surface area contributed by atoms with Crippen molar-refractivity contribution >= 4 is 23.6 Å². The van der Waals surface area contributed by atoms with Crippen molar-refractivity contribution in [2.75, 3.05) is 24.7 Å². The number of carboxylic acids is 1. The lowest BCUT2D eigenvalue weighted by atomic mass is 10.0. The van der Waals surface area contributed by atoms with Gasteiger partial charge in [0.15, 0.2) is 0 Å². The van der Waals surface area contributed by atoms with Crippen molar-refractivity contribution < 1.29 is 19.4 Å². The molecule has 0 saturated carbocycles. The highest BCUT2D eigenvalue weighted by molar-refractivity contribution is 8.00. The van der Waals surface area contributed by atoms with Crippen LogP contribution < -0.4 is 5.32 Å². The molecule has 0 aromatic carbocycles. The van der Waals surface area contributed by atoms with Gasteiger partial charge in [0.1, 0.15) is 0 Å². The maximum atomic E-state index is 11.4. The molecule has 1 amide bonds. The Labute approximate surface area is 98.9 Å². The Morgan fingerprint density at radius 3 is 2.88 bits per heavy atom. The minimum absolute atomic E-state index is 0.0334. The number of thioether (sulfide) groups is 1. The average molecular weight is 247 g/mol. The number of aliphatic carboxylic acids is 1. The predicted octanol–water partition coefficient (Wildman–Crippen LogP) is 0.345. The van der Waals surface area contributed by atoms with Gasteiger partial charge in [0.2, 0.25) is 5.91 Å². The lowest BCUT2D eigenvalue weighted by Gasteiger charge is -2.18. The monoisotopic (exact) mass is 247 g/mol. The minimum Gasteiger partial charge on any atom is -0.481 e. The highest BCUT2D eigenvalue weighted by Gasteiger charge is 2.23. The van der Waals surface area contributed by atoms with E-state index in [4.69, 9.17) is 9.84 Å². The van der Waals surface area contributed by atoms with E-state index in [1.54, 1.807) is 0 Å². The molecule has 0 radical (unpaired) electrons. The SMILES string of the molecule is CC(NC(=O)CSCC(=O)O)C1CCOC1. The molecule has 2 N–H and O–H groups in total. The molecule has 92 valence electrons. The Morgan fingerprint density at radius 1 is 1.56 bits per heavy atom. The molecule has 2 atom stereocenters. The Morgan fingerprint density at radius 2 is 2.31 bits per heavy atom. The summed E-state index contributed by atoms with van der Waals surface area (Å²) in [6.07, 6.45) is 0.976. The zero-order chi connectivity index (χ0) is 12.0. The fourth-order valence-electron chi connectivity index (χ4n) is 1.59. The van der Waals surface area contributed by atoms with Gasteiger partial charge < -0.3 is 15.2 Å². The molecule has 16 heavy (non-hydrogen) atoms. The number of rotatable bonds is 6. The van der Waals surface area contributed by atoms with Crippen LogP contribution in [0.25, 0.3) is 0 Å². The van der Waals surface area contributed by atoms with Crippen LogP contribution in [0.4, 0.5) is 0 Å². The zero-order valence-electron chi connectivity index (χ0n) is 9.27. The van der Waals surface area contributed by atoms with Gasteiger partial charge >= 0.3 is 5.97 Å². The number of carbonyl (C=O) groups excluding carboxylic acids is 1. The summed E-state index contributed by atoms with van der Waals surface area (Å²) in [6, 6.07) is 0.0976. The molecule has 1 aliphatic rings. The van der Waals surface area contributed by atoms with Gasteiger partial charge in [0, 0.05) is 18.6 Å². The van der Waals surface area contributed by atoms with Crippen LogP contribution in [0.15, 0.2) is 0 Å². The molecule has 0 aromatic heterocycles. The van der Waals surface area contributed by atoms with Crippen LogP contribution >= 0.6 is 11.8 Å². The summed E-state index contributed by atoms with van der Waals surface area (Å²) in [5, 5.41) is 11.3. The number of hydrogen-bond acceptors (Lipinski definition) is 4. The van der Waals surface area contributed by atoms with Crippen LogP contribution in [0.3, 0.4) is 0 Å². The fourth-order valence-corrected chi connectivity index (χ4v) is 2.14. The molecule has 1 aliphatic heterocycles. The third-order valence-electron chi connectivity index (χ3n) is 2.52. The van der Waals surface area contributed by atoms with E-state index in [1.807, 2.05) is 6.92 Å². The van der Waals surface area contributed by atoms with Crippen molar-refractivity contribution in [3.63, 3.8) is 0 Å². The van der Waals surface area contributed by atoms with E-state index in [2.05, 4.69) is 5.32 Å². The van der Waals surface area contributed by atoms with Crippen molar-refractivity contribution in [1.82, 2.24) is 5.32 Å². The summed E-state index contributed by atoms with van der Waals surface area (Å²) < 4.78 is 5.24. The largest absolute Gasteiger partial charge is 0.481 e. The molecule has 5 nitrogen and oxygen atoms in total. The van der Waals surface area contributed by atoms with E-state index >= 15 is 0 Å². The van der Waals surface area contributed by atoms with Crippen molar-refractivity contribution in [1.29, 1.82) is 0 Å². The zero-order valence-corrected chi connectivity index (χ0v) is 10.1. The second kappa shape index (κ2) is 6.75. The molecule has 0 bridgehead atoms. The number of nitrogens with one attached hydrogen (secondary N) is 1. The fraction of sp³-hybridized carbons (Fsp3) is 0.800. The maximum absolute atomic E-state index is 11.4. The van der Waals surface area contributed by atoms with E-state index in [9.17, 15) is 9.59 Å². The minimum atomic E-state index is -0.893. The normalized spacial score (nSPS) is 21.7. The van der Waals surface area contributed by atoms with Gasteiger partial charge in [-0.3, -0.25) is 9.59 Å². The lowest BCUT2D eigenvalue weighted by molar-refractivity contribution is -0.133. The van der Waals surface area contributed by atoms with E-state index in [0.717, 1.165) is 24.8 Å². The quantitative estimate of drug-likeness (QED) is 0.708. The maximum Gasteiger partial charge on any atom is 0.313 e. The van der Waals surface area contributed by atoms with Gasteiger partial charge in [-0.2, -0.15) is 0 Å². The van der Waals surface area contributed by atoms with Gasteiger partial charge in [0.25, 0.3) is 0 Å². The summed E-state index contributed by atoms with van der Waals surface area (Å²) in [5.74, 6) is -0.451. The van der Waals surface area contributed by atoms with Crippen LogP contribution in [-0.2, 0) is 14.3 Å². The number of hydrogen-bond donors (Lipinski definition) is 2. The Hall–Kier alpha value is -0.750. The molecule has 1 saturated heterocycles. The van der Waals surface area contributed by atoms with E-state index in [0.29, 0.717) is 12.5 Å². The summed E-state index contributed by atoms with van der Waals surface area (Å²) in [6.45, 7) is 3.42. The topological polar surface area (TPSA) is 75.6 Å². The van der Waals surface area contributed by atoms with Gasteiger partial charge in [-0.15, -0.1) is 11.8 Å². The van der Waals surface area contributed by atoms with Crippen LogP contribution in [0.5, 0.6) is 0 Å². The first-order chi connectivity index (χ1) is 7.59. The van der Waals surface area contributed by atoms with Crippen molar-refractivity contribution in [3.05, 3.63) is 0 Å². The first-order valence-corrected chi connectivity index (χ1v) is 6.41. The molecular weight excluding hydrogens is 230 g/mol. The van der Waals surface area contributed by atoms with E-state index in [1.165, 1.54) is 0 Å². The van der Waals surface area contributed by atoms with Crippen LogP contribution in [0.1, 0.15) is 13.3 Å². The Kier molecular flexibility index (Phi) is 5.62. The highest BCUT2D eigenvalue weighted by Crippen LogP contribution is 2.16. The van der Waals surface area contributed by atoms with Gasteiger partial charge in [-0.25, -0.2) is 0 Å². The summed E-state index contributed by atoms with van der Waals surface area (Å²) in [4.78, 5) is 21.7. The first kappa shape index (κ1) is 13.3. The molecule has 2 unspecified atom stereocenters. The molecule has 0 spiro atoms. The molecule has 1 rings (SSSR count). The molecule has 1 fully saturated rings. The third-order valence-corrected chi connectivity index (χ3v) is 3.44. The van der Waals surface area contributed by atoms with Gasteiger partial charge in [-0.05, 0) is 13.3 Å². The Bertz CT molecular complexity index is 253. The molecule has 6 heteroatoms. The number of ether oxygens (including phenoxy) is 1. The van der Waals surface area contributed by atoms with Gasteiger partial charge in [0.05, 0.1) is 18.1 Å². The van der Waals surface area contributed by atoms with E-state index in [-0.39, 0.29) is 23.5 Å². The van der Waals surface area contributed by atoms with Crippen LogP contribution in [0.2, 0.25) is 0 Å². The summed E-state index contributed by atoms with van der Waals surface area (Å²) in [7, 11) is 0. The van der Waals surface area contributed by atoms with Crippen molar-refractivity contribution in [2.45, 2.75) is 19.4 Å². The van der Waals surface area contributed by atoms with Crippen molar-refractivity contribution in [2.24, 2.45) is 5.92 Å². The summed E-state index contributed by atoms with van der Waals surface area (Å²) >= 11 is 1.11. The Balaban J connectivity index is 2.15. The molecule has 1 heterocycles. The number of amides is 1. The van der Waals surface area contributed by atoms with Gasteiger partial charge in [-0.1, -0.05) is 0 Å². The third kappa shape index (κ3) is 4.85. The predicted molar refractivity (Wildman–Crippen MR) is 61.5 cm³/mol.